The molecule has 0 atom stereocenters. The third-order valence-electron chi connectivity index (χ3n) is 3.58. The molecule has 104 valence electrons. The van der Waals surface area contributed by atoms with E-state index in [0.717, 1.165) is 36.2 Å². The first-order valence-corrected chi connectivity index (χ1v) is 7.52. The number of aromatic nitrogens is 2. The Morgan fingerprint density at radius 1 is 1.20 bits per heavy atom. The van der Waals surface area contributed by atoms with Gasteiger partial charge in [0.25, 0.3) is 0 Å². The van der Waals surface area contributed by atoms with Gasteiger partial charge >= 0.3 is 0 Å². The maximum absolute atomic E-state index is 13.9. The summed E-state index contributed by atoms with van der Waals surface area (Å²) in [6, 6.07) is 6.65. The highest BCUT2D eigenvalue weighted by Crippen LogP contribution is 2.27. The van der Waals surface area contributed by atoms with E-state index in [0.29, 0.717) is 17.2 Å². The van der Waals surface area contributed by atoms with Crippen LogP contribution in [0.5, 0.6) is 0 Å². The van der Waals surface area contributed by atoms with Crippen LogP contribution < -0.4 is 5.32 Å². The maximum atomic E-state index is 13.9. The van der Waals surface area contributed by atoms with Crippen molar-refractivity contribution in [1.29, 1.82) is 0 Å². The van der Waals surface area contributed by atoms with Gasteiger partial charge in [0.05, 0.1) is 5.69 Å². The molecule has 0 unspecified atom stereocenters. The summed E-state index contributed by atoms with van der Waals surface area (Å²) in [6.07, 6.45) is 3.79. The zero-order valence-corrected chi connectivity index (χ0v) is 12.5. The Labute approximate surface area is 125 Å². The van der Waals surface area contributed by atoms with Crippen LogP contribution in [-0.4, -0.2) is 23.1 Å². The van der Waals surface area contributed by atoms with Gasteiger partial charge in [-0.05, 0) is 50.2 Å². The molecule has 5 heteroatoms. The van der Waals surface area contributed by atoms with Crippen LogP contribution in [0.4, 0.5) is 4.39 Å². The number of rotatable bonds is 2. The second kappa shape index (κ2) is 5.97. The molecule has 1 aromatic carbocycles. The van der Waals surface area contributed by atoms with E-state index in [9.17, 15) is 4.39 Å². The van der Waals surface area contributed by atoms with Crippen molar-refractivity contribution in [2.45, 2.75) is 18.8 Å². The number of hydrogen-bond donors (Lipinski definition) is 1. The number of nitrogens with one attached hydrogen (secondary N) is 1. The molecule has 0 radical (unpaired) electrons. The first kappa shape index (κ1) is 13.6. The summed E-state index contributed by atoms with van der Waals surface area (Å²) in [5.41, 5.74) is 1.16. The summed E-state index contributed by atoms with van der Waals surface area (Å²) in [6.45, 7) is 1.98. The van der Waals surface area contributed by atoms with Crippen molar-refractivity contribution >= 4 is 15.9 Å². The minimum absolute atomic E-state index is 0.261. The summed E-state index contributed by atoms with van der Waals surface area (Å²) in [5, 5.41) is 3.33. The molecule has 1 aliphatic heterocycles. The van der Waals surface area contributed by atoms with Gasteiger partial charge in [0.15, 0.2) is 0 Å². The van der Waals surface area contributed by atoms with Gasteiger partial charge < -0.3 is 5.32 Å². The fraction of sp³-hybridized carbons (Fsp3) is 0.333. The van der Waals surface area contributed by atoms with Gasteiger partial charge in [0, 0.05) is 22.2 Å². The monoisotopic (exact) mass is 335 g/mol. The van der Waals surface area contributed by atoms with Crippen molar-refractivity contribution in [2.75, 3.05) is 13.1 Å². The van der Waals surface area contributed by atoms with Crippen LogP contribution >= 0.6 is 15.9 Å². The summed E-state index contributed by atoms with van der Waals surface area (Å²) in [4.78, 5) is 8.94. The number of halogens is 2. The standard InChI is InChI=1S/C15H15BrFN3/c16-11-1-2-13(17)12(9-11)14-5-8-19-15(20-14)10-3-6-18-7-4-10/h1-2,5,8-10,18H,3-4,6-7H2. The molecular weight excluding hydrogens is 321 g/mol. The Kier molecular flexibility index (Phi) is 4.08. The molecule has 0 saturated carbocycles. The molecule has 3 rings (SSSR count). The topological polar surface area (TPSA) is 37.8 Å². The van der Waals surface area contributed by atoms with E-state index in [-0.39, 0.29) is 5.82 Å². The average molecular weight is 336 g/mol. The quantitative estimate of drug-likeness (QED) is 0.912. The molecule has 0 amide bonds. The molecule has 1 fully saturated rings. The molecule has 0 spiro atoms. The average Bonchev–Trinajstić information content (AvgIpc) is 2.51. The molecule has 3 nitrogen and oxygen atoms in total. The van der Waals surface area contributed by atoms with Crippen molar-refractivity contribution < 1.29 is 4.39 Å². The van der Waals surface area contributed by atoms with Crippen LogP contribution in [0.2, 0.25) is 0 Å². The minimum atomic E-state index is -0.261. The molecule has 1 aliphatic rings. The van der Waals surface area contributed by atoms with Crippen LogP contribution in [0, 0.1) is 5.82 Å². The van der Waals surface area contributed by atoms with E-state index < -0.39 is 0 Å². The number of hydrogen-bond acceptors (Lipinski definition) is 3. The largest absolute Gasteiger partial charge is 0.317 e. The van der Waals surface area contributed by atoms with E-state index >= 15 is 0 Å². The van der Waals surface area contributed by atoms with E-state index in [1.807, 2.05) is 0 Å². The lowest BCUT2D eigenvalue weighted by atomic mass is 9.97. The Morgan fingerprint density at radius 3 is 2.80 bits per heavy atom. The Balaban J connectivity index is 1.96. The van der Waals surface area contributed by atoms with Crippen LogP contribution in [0.25, 0.3) is 11.3 Å². The first-order chi connectivity index (χ1) is 9.74. The highest BCUT2D eigenvalue weighted by molar-refractivity contribution is 9.10. The van der Waals surface area contributed by atoms with Gasteiger partial charge in [-0.3, -0.25) is 0 Å². The Hall–Kier alpha value is -1.33. The highest BCUT2D eigenvalue weighted by Gasteiger charge is 2.18. The SMILES string of the molecule is Fc1ccc(Br)cc1-c1ccnc(C2CCNCC2)n1. The van der Waals surface area contributed by atoms with E-state index in [4.69, 9.17) is 0 Å². The van der Waals surface area contributed by atoms with Gasteiger partial charge in [-0.25, -0.2) is 14.4 Å². The van der Waals surface area contributed by atoms with Crippen molar-refractivity contribution in [2.24, 2.45) is 0 Å². The molecule has 2 aromatic rings. The predicted octanol–water partition coefficient (Wildman–Crippen LogP) is 3.51. The third kappa shape index (κ3) is 2.88. The normalized spacial score (nSPS) is 16.3. The van der Waals surface area contributed by atoms with E-state index in [1.165, 1.54) is 6.07 Å². The molecule has 0 bridgehead atoms. The van der Waals surface area contributed by atoms with E-state index in [1.54, 1.807) is 24.4 Å². The smallest absolute Gasteiger partial charge is 0.132 e. The fourth-order valence-electron chi connectivity index (χ4n) is 2.49. The predicted molar refractivity (Wildman–Crippen MR) is 80.0 cm³/mol. The summed E-state index contributed by atoms with van der Waals surface area (Å²) in [7, 11) is 0. The lowest BCUT2D eigenvalue weighted by molar-refractivity contribution is 0.445. The Bertz CT molecular complexity index is 612. The molecule has 1 N–H and O–H groups in total. The van der Waals surface area contributed by atoms with Crippen LogP contribution in [0.1, 0.15) is 24.6 Å². The van der Waals surface area contributed by atoms with Gasteiger partial charge in [0.1, 0.15) is 11.6 Å². The molecule has 2 heterocycles. The Morgan fingerprint density at radius 2 is 2.00 bits per heavy atom. The fourth-order valence-corrected chi connectivity index (χ4v) is 2.86. The second-order valence-electron chi connectivity index (χ2n) is 4.95. The summed E-state index contributed by atoms with van der Waals surface area (Å²) >= 11 is 3.37. The van der Waals surface area contributed by atoms with Crippen LogP contribution in [0.3, 0.4) is 0 Å². The lowest BCUT2D eigenvalue weighted by Crippen LogP contribution is -2.27. The first-order valence-electron chi connectivity index (χ1n) is 6.73. The van der Waals surface area contributed by atoms with Crippen molar-refractivity contribution in [3.63, 3.8) is 0 Å². The van der Waals surface area contributed by atoms with Crippen molar-refractivity contribution in [1.82, 2.24) is 15.3 Å². The number of benzene rings is 1. The molecule has 20 heavy (non-hydrogen) atoms. The van der Waals surface area contributed by atoms with Crippen LogP contribution in [-0.2, 0) is 0 Å². The molecule has 0 aliphatic carbocycles. The maximum Gasteiger partial charge on any atom is 0.132 e. The van der Waals surface area contributed by atoms with Gasteiger partial charge in [-0.1, -0.05) is 15.9 Å². The van der Waals surface area contributed by atoms with Crippen LogP contribution in [0.15, 0.2) is 34.9 Å². The zero-order valence-electron chi connectivity index (χ0n) is 10.9. The zero-order chi connectivity index (χ0) is 13.9. The molecular formula is C15H15BrFN3. The lowest BCUT2D eigenvalue weighted by Gasteiger charge is -2.21. The summed E-state index contributed by atoms with van der Waals surface area (Å²) in [5.74, 6) is 0.929. The summed E-state index contributed by atoms with van der Waals surface area (Å²) < 4.78 is 14.8. The highest BCUT2D eigenvalue weighted by atomic mass is 79.9. The van der Waals surface area contributed by atoms with Crippen molar-refractivity contribution in [3.8, 4) is 11.3 Å². The number of piperidine rings is 1. The van der Waals surface area contributed by atoms with Gasteiger partial charge in [-0.15, -0.1) is 0 Å². The second-order valence-corrected chi connectivity index (χ2v) is 5.86. The molecule has 1 saturated heterocycles. The third-order valence-corrected chi connectivity index (χ3v) is 4.08. The minimum Gasteiger partial charge on any atom is -0.317 e. The van der Waals surface area contributed by atoms with Gasteiger partial charge in [0.2, 0.25) is 0 Å². The van der Waals surface area contributed by atoms with Gasteiger partial charge in [-0.2, -0.15) is 0 Å². The van der Waals surface area contributed by atoms with E-state index in [2.05, 4.69) is 31.2 Å². The van der Waals surface area contributed by atoms with Crippen molar-refractivity contribution in [3.05, 3.63) is 46.6 Å². The number of nitrogens with zero attached hydrogens (tertiary/aromatic N) is 2. The molecule has 1 aromatic heterocycles.